The Hall–Kier alpha value is -2.81. The summed E-state index contributed by atoms with van der Waals surface area (Å²) in [5.41, 5.74) is 4.85. The molecular weight excluding hydrogens is 599 g/mol. The minimum Gasteiger partial charge on any atom is -0.435 e. The van der Waals surface area contributed by atoms with Gasteiger partial charge in [-0.25, -0.2) is 0 Å². The molecule has 3 aromatic heterocycles. The van der Waals surface area contributed by atoms with Crippen LogP contribution in [0.3, 0.4) is 0 Å². The summed E-state index contributed by atoms with van der Waals surface area (Å²) < 4.78 is 1.99. The predicted molar refractivity (Wildman–Crippen MR) is 133 cm³/mol. The topological polar surface area (TPSA) is 34.0 Å². The molecule has 1 aliphatic rings. The van der Waals surface area contributed by atoms with Crippen molar-refractivity contribution in [3.05, 3.63) is 102 Å². The standard InChI is InChI=1S/C29H26N4.Pt/c1-32(2)29(23-15-17-33(19-23)26-12-5-6-16-30-26)25-11-7-9-21-18-22-14-13-20-8-3-4-10-24(20)27(22)31-28(21)25;/h3-6,8,12-18,25,29H,7,9,11H2,1-2H3;/q-2;+2. The maximum absolute atomic E-state index is 5.33. The molecule has 5 heteroatoms. The van der Waals surface area contributed by atoms with Crippen molar-refractivity contribution in [2.45, 2.75) is 31.2 Å². The molecule has 34 heavy (non-hydrogen) atoms. The Morgan fingerprint density at radius 3 is 2.76 bits per heavy atom. The zero-order chi connectivity index (χ0) is 22.4. The molecule has 0 saturated heterocycles. The Labute approximate surface area is 214 Å². The third-order valence-corrected chi connectivity index (χ3v) is 6.85. The summed E-state index contributed by atoms with van der Waals surface area (Å²) in [5, 5.41) is 3.50. The number of pyridine rings is 2. The summed E-state index contributed by atoms with van der Waals surface area (Å²) in [6.45, 7) is 0. The van der Waals surface area contributed by atoms with Gasteiger partial charge in [-0.1, -0.05) is 36.5 Å². The fourth-order valence-corrected chi connectivity index (χ4v) is 5.38. The second-order valence-corrected chi connectivity index (χ2v) is 9.15. The van der Waals surface area contributed by atoms with Crippen molar-refractivity contribution in [1.82, 2.24) is 19.4 Å². The average molecular weight is 626 g/mol. The van der Waals surface area contributed by atoms with Crippen molar-refractivity contribution in [2.75, 3.05) is 14.1 Å². The second-order valence-electron chi connectivity index (χ2n) is 9.15. The molecule has 0 fully saturated rings. The van der Waals surface area contributed by atoms with Crippen LogP contribution in [0.2, 0.25) is 0 Å². The number of hydrogen-bond acceptors (Lipinski definition) is 3. The minimum absolute atomic E-state index is 0. The fourth-order valence-electron chi connectivity index (χ4n) is 5.38. The van der Waals surface area contributed by atoms with E-state index in [1.807, 2.05) is 41.1 Å². The van der Waals surface area contributed by atoms with Crippen LogP contribution in [0.1, 0.15) is 41.6 Å². The zero-order valence-corrected chi connectivity index (χ0v) is 21.6. The normalized spacial score (nSPS) is 16.4. The van der Waals surface area contributed by atoms with Gasteiger partial charge in [-0.3, -0.25) is 4.98 Å². The number of likely N-dealkylation sites (N-methyl/N-ethyl adjacent to an activating group) is 1. The van der Waals surface area contributed by atoms with Crippen molar-refractivity contribution < 1.29 is 21.1 Å². The minimum atomic E-state index is 0. The molecule has 3 heterocycles. The molecule has 0 aliphatic heterocycles. The first-order chi connectivity index (χ1) is 16.2. The van der Waals surface area contributed by atoms with Gasteiger partial charge in [-0.2, -0.15) is 6.07 Å². The molecule has 2 atom stereocenters. The molecule has 0 amide bonds. The van der Waals surface area contributed by atoms with E-state index in [2.05, 4.69) is 72.8 Å². The number of rotatable bonds is 4. The number of nitrogens with zero attached hydrogens (tertiary/aromatic N) is 4. The zero-order valence-electron chi connectivity index (χ0n) is 19.3. The van der Waals surface area contributed by atoms with Gasteiger partial charge in [0.2, 0.25) is 0 Å². The first-order valence-corrected chi connectivity index (χ1v) is 11.6. The van der Waals surface area contributed by atoms with Crippen molar-refractivity contribution in [2.24, 2.45) is 0 Å². The van der Waals surface area contributed by atoms with Crippen LogP contribution in [0.15, 0.2) is 73.1 Å². The number of aromatic nitrogens is 3. The maximum Gasteiger partial charge on any atom is 2.00 e. The Morgan fingerprint density at radius 1 is 1.06 bits per heavy atom. The molecule has 4 nitrogen and oxygen atoms in total. The van der Waals surface area contributed by atoms with Gasteiger partial charge in [-0.05, 0) is 55.9 Å². The van der Waals surface area contributed by atoms with Gasteiger partial charge in [0.05, 0.1) is 5.82 Å². The van der Waals surface area contributed by atoms with Crippen LogP contribution in [-0.4, -0.2) is 33.5 Å². The van der Waals surface area contributed by atoms with Gasteiger partial charge in [-0.15, -0.1) is 46.8 Å². The van der Waals surface area contributed by atoms with Crippen molar-refractivity contribution in [1.29, 1.82) is 0 Å². The van der Waals surface area contributed by atoms with Gasteiger partial charge in [0.25, 0.3) is 0 Å². The largest absolute Gasteiger partial charge is 2.00 e. The smallest absolute Gasteiger partial charge is 0.435 e. The van der Waals surface area contributed by atoms with Gasteiger partial charge >= 0.3 is 21.1 Å². The SMILES string of the molecule is CN(C)C(c1[c-]n(-c2ccccn2)cc1)C1CCCc2cc3ccc4ccc[c-]c4c3nc21.[Pt+2]. The molecule has 5 aromatic rings. The van der Waals surface area contributed by atoms with E-state index in [0.717, 1.165) is 29.6 Å². The van der Waals surface area contributed by atoms with E-state index >= 15 is 0 Å². The Morgan fingerprint density at radius 2 is 1.94 bits per heavy atom. The Kier molecular flexibility index (Phi) is 6.38. The summed E-state index contributed by atoms with van der Waals surface area (Å²) in [7, 11) is 4.32. The Balaban J connectivity index is 0.00000241. The fraction of sp³-hybridized carbons (Fsp3) is 0.241. The van der Waals surface area contributed by atoms with Crippen LogP contribution in [-0.2, 0) is 27.5 Å². The van der Waals surface area contributed by atoms with Gasteiger partial charge in [0, 0.05) is 23.9 Å². The van der Waals surface area contributed by atoms with Crippen molar-refractivity contribution in [3.8, 4) is 5.82 Å². The van der Waals surface area contributed by atoms with E-state index in [0.29, 0.717) is 5.92 Å². The molecule has 172 valence electrons. The quantitative estimate of drug-likeness (QED) is 0.185. The van der Waals surface area contributed by atoms with Crippen LogP contribution in [0, 0.1) is 12.3 Å². The van der Waals surface area contributed by atoms with E-state index in [9.17, 15) is 0 Å². The van der Waals surface area contributed by atoms with Crippen LogP contribution in [0.25, 0.3) is 27.5 Å². The first-order valence-electron chi connectivity index (χ1n) is 11.6. The first kappa shape index (κ1) is 23.0. The van der Waals surface area contributed by atoms with Crippen molar-refractivity contribution in [3.63, 3.8) is 0 Å². The molecule has 0 radical (unpaired) electrons. The summed E-state index contributed by atoms with van der Waals surface area (Å²) >= 11 is 0. The van der Waals surface area contributed by atoms with Gasteiger partial charge in [0.15, 0.2) is 0 Å². The second kappa shape index (κ2) is 9.44. The molecular formula is C29H26N4Pt. The number of hydrogen-bond donors (Lipinski definition) is 0. The van der Waals surface area contributed by atoms with Crippen molar-refractivity contribution >= 4 is 21.7 Å². The van der Waals surface area contributed by atoms with E-state index in [1.165, 1.54) is 34.0 Å². The van der Waals surface area contributed by atoms with Crippen LogP contribution in [0.5, 0.6) is 0 Å². The predicted octanol–water partition coefficient (Wildman–Crippen LogP) is 5.89. The van der Waals surface area contributed by atoms with E-state index in [1.54, 1.807) is 0 Å². The third-order valence-electron chi connectivity index (χ3n) is 6.85. The summed E-state index contributed by atoms with van der Waals surface area (Å²) in [5.74, 6) is 1.19. The molecule has 0 N–H and O–H groups in total. The van der Waals surface area contributed by atoms with Gasteiger partial charge < -0.3 is 14.5 Å². The third kappa shape index (κ3) is 4.00. The average Bonchev–Trinajstić information content (AvgIpc) is 3.33. The van der Waals surface area contributed by atoms with Crippen LogP contribution >= 0.6 is 0 Å². The molecule has 0 saturated carbocycles. The molecule has 6 rings (SSSR count). The molecule has 2 aromatic carbocycles. The van der Waals surface area contributed by atoms with E-state index < -0.39 is 0 Å². The number of fused-ring (bicyclic) bond motifs is 4. The van der Waals surface area contributed by atoms with Crippen LogP contribution < -0.4 is 0 Å². The number of benzene rings is 2. The summed E-state index contributed by atoms with van der Waals surface area (Å²) in [4.78, 5) is 12.1. The molecule has 1 aliphatic carbocycles. The molecule has 2 unspecified atom stereocenters. The summed E-state index contributed by atoms with van der Waals surface area (Å²) in [6.07, 6.45) is 10.8. The summed E-state index contributed by atoms with van der Waals surface area (Å²) in [6, 6.07) is 24.7. The molecule has 0 spiro atoms. The number of aryl methyl sites for hydroxylation is 1. The maximum atomic E-state index is 5.33. The Bertz CT molecular complexity index is 1440. The van der Waals surface area contributed by atoms with E-state index in [-0.39, 0.29) is 27.1 Å². The van der Waals surface area contributed by atoms with Gasteiger partial charge in [0.1, 0.15) is 0 Å². The molecule has 0 bridgehead atoms. The van der Waals surface area contributed by atoms with E-state index in [4.69, 9.17) is 4.98 Å². The van der Waals surface area contributed by atoms with Crippen LogP contribution in [0.4, 0.5) is 0 Å². The monoisotopic (exact) mass is 625 g/mol.